The fraction of sp³-hybridized carbons (Fsp3) is 0.467. The van der Waals surface area contributed by atoms with Crippen molar-refractivity contribution >= 4 is 29.2 Å². The van der Waals surface area contributed by atoms with E-state index >= 15 is 0 Å². The van der Waals surface area contributed by atoms with Gasteiger partial charge in [0.15, 0.2) is 0 Å². The van der Waals surface area contributed by atoms with Crippen molar-refractivity contribution in [3.05, 3.63) is 28.8 Å². The van der Waals surface area contributed by atoms with Crippen LogP contribution in [0.5, 0.6) is 0 Å². The summed E-state index contributed by atoms with van der Waals surface area (Å²) < 4.78 is 5.45. The number of carbonyl (C=O) groups excluding carboxylic acids is 1. The maximum Gasteiger partial charge on any atom is 0.337 e. The van der Waals surface area contributed by atoms with E-state index in [1.807, 2.05) is 6.92 Å². The van der Waals surface area contributed by atoms with Gasteiger partial charge in [-0.05, 0) is 43.9 Å². The number of hydrogen-bond acceptors (Lipinski definition) is 3. The van der Waals surface area contributed by atoms with Gasteiger partial charge in [-0.3, -0.25) is 4.79 Å². The van der Waals surface area contributed by atoms with Gasteiger partial charge >= 0.3 is 5.97 Å². The third kappa shape index (κ3) is 4.19. The lowest BCUT2D eigenvalue weighted by Gasteiger charge is -2.34. The molecule has 1 amide bonds. The van der Waals surface area contributed by atoms with Crippen LogP contribution in [0.15, 0.2) is 18.2 Å². The summed E-state index contributed by atoms with van der Waals surface area (Å²) in [5.74, 6) is -0.990. The van der Waals surface area contributed by atoms with Gasteiger partial charge in [-0.25, -0.2) is 4.79 Å². The molecule has 21 heavy (non-hydrogen) atoms. The van der Waals surface area contributed by atoms with Crippen molar-refractivity contribution in [1.82, 2.24) is 0 Å². The first kappa shape index (κ1) is 15.8. The van der Waals surface area contributed by atoms with E-state index < -0.39 is 5.97 Å². The minimum atomic E-state index is -1.10. The Bertz CT molecular complexity index is 540. The van der Waals surface area contributed by atoms with Crippen LogP contribution in [0.1, 0.15) is 36.5 Å². The van der Waals surface area contributed by atoms with Crippen molar-refractivity contribution in [3.63, 3.8) is 0 Å². The first-order valence-corrected chi connectivity index (χ1v) is 7.31. The fourth-order valence-corrected chi connectivity index (χ4v) is 2.65. The Labute approximate surface area is 128 Å². The second-order valence-corrected chi connectivity index (χ2v) is 5.60. The Balaban J connectivity index is 1.91. The van der Waals surface area contributed by atoms with Crippen LogP contribution in [0.4, 0.5) is 5.69 Å². The molecule has 1 aromatic rings. The topological polar surface area (TPSA) is 75.6 Å². The Hall–Kier alpha value is -1.59. The normalized spacial score (nSPS) is 20.7. The van der Waals surface area contributed by atoms with Gasteiger partial charge < -0.3 is 15.2 Å². The second kappa shape index (κ2) is 6.91. The number of carboxylic acid groups (broad SMARTS) is 1. The number of nitrogens with one attached hydrogen (secondary N) is 1. The van der Waals surface area contributed by atoms with Gasteiger partial charge in [0, 0.05) is 18.1 Å². The van der Waals surface area contributed by atoms with E-state index in [-0.39, 0.29) is 23.3 Å². The van der Waals surface area contributed by atoms with E-state index in [9.17, 15) is 9.59 Å². The van der Waals surface area contributed by atoms with Crippen LogP contribution in [-0.2, 0) is 9.53 Å². The largest absolute Gasteiger partial charge is 0.478 e. The molecule has 0 bridgehead atoms. The van der Waals surface area contributed by atoms with Crippen LogP contribution in [0.3, 0.4) is 0 Å². The highest BCUT2D eigenvalue weighted by atomic mass is 35.5. The van der Waals surface area contributed by atoms with Crippen molar-refractivity contribution in [3.8, 4) is 0 Å². The van der Waals surface area contributed by atoms with Gasteiger partial charge in [0.2, 0.25) is 5.91 Å². The maximum atomic E-state index is 12.0. The van der Waals surface area contributed by atoms with Crippen LogP contribution in [-0.4, -0.2) is 29.7 Å². The van der Waals surface area contributed by atoms with Crippen molar-refractivity contribution in [2.24, 2.45) is 5.92 Å². The van der Waals surface area contributed by atoms with Crippen molar-refractivity contribution in [2.75, 3.05) is 11.9 Å². The zero-order valence-corrected chi connectivity index (χ0v) is 12.5. The maximum absolute atomic E-state index is 12.0. The van der Waals surface area contributed by atoms with E-state index in [1.165, 1.54) is 18.2 Å². The van der Waals surface area contributed by atoms with Gasteiger partial charge in [-0.1, -0.05) is 11.6 Å². The molecular weight excluding hydrogens is 294 g/mol. The molecule has 2 rings (SSSR count). The van der Waals surface area contributed by atoms with Crippen LogP contribution in [0.2, 0.25) is 5.02 Å². The van der Waals surface area contributed by atoms with Gasteiger partial charge in [0.05, 0.1) is 17.4 Å². The van der Waals surface area contributed by atoms with Crippen molar-refractivity contribution in [1.29, 1.82) is 0 Å². The smallest absolute Gasteiger partial charge is 0.337 e. The molecule has 0 radical (unpaired) electrons. The number of carbonyl (C=O) groups is 2. The average molecular weight is 312 g/mol. The molecular formula is C15H18ClNO4. The molecule has 1 aliphatic carbocycles. The molecule has 2 N–H and O–H groups in total. The number of carboxylic acids is 1. The molecule has 114 valence electrons. The Morgan fingerprint density at radius 1 is 1.43 bits per heavy atom. The zero-order valence-electron chi connectivity index (χ0n) is 11.8. The quantitative estimate of drug-likeness (QED) is 0.846. The van der Waals surface area contributed by atoms with Crippen molar-refractivity contribution < 1.29 is 19.4 Å². The number of amides is 1. The number of anilines is 1. The predicted octanol–water partition coefficient (Wildman–Crippen LogP) is 3.18. The van der Waals surface area contributed by atoms with E-state index in [0.29, 0.717) is 24.0 Å². The highest BCUT2D eigenvalue weighted by Crippen LogP contribution is 2.33. The van der Waals surface area contributed by atoms with E-state index in [0.717, 1.165) is 12.8 Å². The first-order valence-electron chi connectivity index (χ1n) is 6.94. The molecule has 1 aromatic carbocycles. The summed E-state index contributed by atoms with van der Waals surface area (Å²) in [6.45, 7) is 2.64. The minimum Gasteiger partial charge on any atom is -0.478 e. The Kier molecular flexibility index (Phi) is 5.20. The molecule has 0 spiro atoms. The number of halogens is 1. The SMILES string of the molecule is CCOC1CC(CC(=O)Nc2cc(Cl)ccc2C(=O)O)C1. The minimum absolute atomic E-state index is 0.0357. The molecule has 0 atom stereocenters. The average Bonchev–Trinajstić information content (AvgIpc) is 2.36. The van der Waals surface area contributed by atoms with Crippen molar-refractivity contribution in [2.45, 2.75) is 32.3 Å². The van der Waals surface area contributed by atoms with Crippen LogP contribution >= 0.6 is 11.6 Å². The Morgan fingerprint density at radius 3 is 2.76 bits per heavy atom. The molecule has 0 heterocycles. The molecule has 1 aliphatic rings. The zero-order chi connectivity index (χ0) is 15.4. The fourth-order valence-electron chi connectivity index (χ4n) is 2.48. The molecule has 0 aliphatic heterocycles. The van der Waals surface area contributed by atoms with E-state index in [4.69, 9.17) is 21.4 Å². The highest BCUT2D eigenvalue weighted by Gasteiger charge is 2.31. The molecule has 1 saturated carbocycles. The number of hydrogen-bond donors (Lipinski definition) is 2. The molecule has 5 nitrogen and oxygen atoms in total. The molecule has 0 saturated heterocycles. The number of aromatic carboxylic acids is 1. The summed E-state index contributed by atoms with van der Waals surface area (Å²) >= 11 is 5.84. The summed E-state index contributed by atoms with van der Waals surface area (Å²) in [6, 6.07) is 4.32. The van der Waals surface area contributed by atoms with Gasteiger partial charge in [-0.2, -0.15) is 0 Å². The lowest BCUT2D eigenvalue weighted by Crippen LogP contribution is -2.34. The van der Waals surface area contributed by atoms with Crippen LogP contribution in [0, 0.1) is 5.92 Å². The number of rotatable bonds is 6. The summed E-state index contributed by atoms with van der Waals surface area (Å²) in [5, 5.41) is 12.1. The Morgan fingerprint density at radius 2 is 2.14 bits per heavy atom. The second-order valence-electron chi connectivity index (χ2n) is 5.16. The van der Waals surface area contributed by atoms with Crippen LogP contribution < -0.4 is 5.32 Å². The van der Waals surface area contributed by atoms with Gasteiger partial charge in [-0.15, -0.1) is 0 Å². The standard InChI is InChI=1S/C15H18ClNO4/c1-2-21-11-5-9(6-11)7-14(18)17-13-8-10(16)3-4-12(13)15(19)20/h3-4,8-9,11H,2,5-7H2,1H3,(H,17,18)(H,19,20). The molecule has 0 unspecified atom stereocenters. The summed E-state index contributed by atoms with van der Waals surface area (Å²) in [6.07, 6.45) is 2.38. The predicted molar refractivity (Wildman–Crippen MR) is 79.8 cm³/mol. The summed E-state index contributed by atoms with van der Waals surface area (Å²) in [4.78, 5) is 23.1. The highest BCUT2D eigenvalue weighted by molar-refractivity contribution is 6.31. The van der Waals surface area contributed by atoms with Gasteiger partial charge in [0.25, 0.3) is 0 Å². The lowest BCUT2D eigenvalue weighted by atomic mass is 9.80. The number of benzene rings is 1. The number of ether oxygens (including phenoxy) is 1. The molecule has 1 fully saturated rings. The van der Waals surface area contributed by atoms with Crippen LogP contribution in [0.25, 0.3) is 0 Å². The van der Waals surface area contributed by atoms with E-state index in [2.05, 4.69) is 5.32 Å². The van der Waals surface area contributed by atoms with Gasteiger partial charge in [0.1, 0.15) is 0 Å². The summed E-state index contributed by atoms with van der Waals surface area (Å²) in [7, 11) is 0. The monoisotopic (exact) mass is 311 g/mol. The lowest BCUT2D eigenvalue weighted by molar-refractivity contribution is -0.119. The first-order chi connectivity index (χ1) is 9.99. The molecule has 6 heteroatoms. The van der Waals surface area contributed by atoms with E-state index in [1.54, 1.807) is 0 Å². The third-order valence-corrected chi connectivity index (χ3v) is 3.79. The third-order valence-electron chi connectivity index (χ3n) is 3.56. The molecule has 0 aromatic heterocycles. The summed E-state index contributed by atoms with van der Waals surface area (Å²) in [5.41, 5.74) is 0.272.